The van der Waals surface area contributed by atoms with Crippen molar-refractivity contribution in [3.63, 3.8) is 0 Å². The molecule has 3 nitrogen and oxygen atoms in total. The third kappa shape index (κ3) is 2.87. The van der Waals surface area contributed by atoms with Crippen LogP contribution >= 0.6 is 15.9 Å². The summed E-state index contributed by atoms with van der Waals surface area (Å²) in [5, 5.41) is 10.1. The summed E-state index contributed by atoms with van der Waals surface area (Å²) in [4.78, 5) is 13.7. The van der Waals surface area contributed by atoms with Crippen molar-refractivity contribution < 1.29 is 9.90 Å². The number of hydrogen-bond acceptors (Lipinski definition) is 2. The zero-order valence-electron chi connectivity index (χ0n) is 9.60. The maximum Gasteiger partial charge on any atom is 0.223 e. The molecule has 4 heteroatoms. The molecule has 1 amide bonds. The minimum absolute atomic E-state index is 0.0279. The van der Waals surface area contributed by atoms with E-state index in [0.29, 0.717) is 18.9 Å². The number of amides is 1. The van der Waals surface area contributed by atoms with Crippen molar-refractivity contribution in [2.24, 2.45) is 5.92 Å². The highest BCUT2D eigenvalue weighted by atomic mass is 79.9. The lowest BCUT2D eigenvalue weighted by Gasteiger charge is -2.18. The molecule has 1 unspecified atom stereocenters. The quantitative estimate of drug-likeness (QED) is 0.863. The number of alkyl halides is 1. The van der Waals surface area contributed by atoms with Gasteiger partial charge in [-0.2, -0.15) is 0 Å². The van der Waals surface area contributed by atoms with Gasteiger partial charge >= 0.3 is 0 Å². The molecule has 1 aliphatic rings. The number of aliphatic hydroxyl groups is 1. The van der Waals surface area contributed by atoms with Crippen molar-refractivity contribution in [1.29, 1.82) is 0 Å². The molecule has 1 heterocycles. The number of halogens is 1. The zero-order chi connectivity index (χ0) is 12.3. The largest absolute Gasteiger partial charge is 0.392 e. The van der Waals surface area contributed by atoms with E-state index in [4.69, 9.17) is 0 Å². The SMILES string of the molecule is O=C1CC(CBr)CN1Cc1ccccc1CO. The van der Waals surface area contributed by atoms with Crippen LogP contribution in [-0.4, -0.2) is 27.8 Å². The average molecular weight is 298 g/mol. The van der Waals surface area contributed by atoms with Crippen molar-refractivity contribution >= 4 is 21.8 Å². The monoisotopic (exact) mass is 297 g/mol. The predicted octanol–water partition coefficient (Wildman–Crippen LogP) is 1.92. The topological polar surface area (TPSA) is 40.5 Å². The number of benzene rings is 1. The van der Waals surface area contributed by atoms with E-state index < -0.39 is 0 Å². The van der Waals surface area contributed by atoms with Gasteiger partial charge in [-0.1, -0.05) is 40.2 Å². The molecule has 1 N–H and O–H groups in total. The Hall–Kier alpha value is -0.870. The van der Waals surface area contributed by atoms with Gasteiger partial charge in [0.2, 0.25) is 5.91 Å². The standard InChI is InChI=1S/C13H16BrNO2/c14-6-10-5-13(17)15(7-10)8-11-3-1-2-4-12(11)9-16/h1-4,10,16H,5-9H2. The van der Waals surface area contributed by atoms with Crippen LogP contribution in [0.1, 0.15) is 17.5 Å². The van der Waals surface area contributed by atoms with E-state index in [1.165, 1.54) is 0 Å². The minimum atomic E-state index is 0.0279. The minimum Gasteiger partial charge on any atom is -0.392 e. The van der Waals surface area contributed by atoms with Crippen LogP contribution in [0.15, 0.2) is 24.3 Å². The Morgan fingerprint density at radius 1 is 1.35 bits per heavy atom. The van der Waals surface area contributed by atoms with Crippen molar-refractivity contribution in [2.45, 2.75) is 19.6 Å². The first-order valence-corrected chi connectivity index (χ1v) is 6.88. The van der Waals surface area contributed by atoms with E-state index in [2.05, 4.69) is 15.9 Å². The smallest absolute Gasteiger partial charge is 0.223 e. The maximum atomic E-state index is 11.8. The predicted molar refractivity (Wildman–Crippen MR) is 69.7 cm³/mol. The molecular formula is C13H16BrNO2. The molecule has 1 aromatic rings. The zero-order valence-corrected chi connectivity index (χ0v) is 11.2. The highest BCUT2D eigenvalue weighted by Gasteiger charge is 2.28. The molecule has 0 saturated carbocycles. The molecule has 0 aromatic heterocycles. The van der Waals surface area contributed by atoms with Gasteiger partial charge in [-0.05, 0) is 17.0 Å². The van der Waals surface area contributed by atoms with Crippen LogP contribution in [0, 0.1) is 5.92 Å². The van der Waals surface area contributed by atoms with E-state index in [-0.39, 0.29) is 12.5 Å². The van der Waals surface area contributed by atoms with Gasteiger partial charge in [0.15, 0.2) is 0 Å². The molecule has 92 valence electrons. The Labute approximate surface area is 110 Å². The Kier molecular flexibility index (Phi) is 4.18. The second-order valence-electron chi connectivity index (χ2n) is 4.43. The van der Waals surface area contributed by atoms with E-state index in [1.54, 1.807) is 0 Å². The number of nitrogens with zero attached hydrogens (tertiary/aromatic N) is 1. The second kappa shape index (κ2) is 5.65. The number of hydrogen-bond donors (Lipinski definition) is 1. The Morgan fingerprint density at radius 2 is 2.06 bits per heavy atom. The van der Waals surface area contributed by atoms with Gasteiger partial charge in [0.05, 0.1) is 6.61 Å². The van der Waals surface area contributed by atoms with Gasteiger partial charge in [0, 0.05) is 24.8 Å². The molecule has 1 aromatic carbocycles. The molecule has 0 bridgehead atoms. The fourth-order valence-corrected chi connectivity index (χ4v) is 2.62. The Morgan fingerprint density at radius 3 is 2.65 bits per heavy atom. The van der Waals surface area contributed by atoms with Crippen LogP contribution in [0.2, 0.25) is 0 Å². The molecule has 0 spiro atoms. The van der Waals surface area contributed by atoms with Crippen LogP contribution in [0.5, 0.6) is 0 Å². The summed E-state index contributed by atoms with van der Waals surface area (Å²) in [6.45, 7) is 1.45. The number of carbonyl (C=O) groups is 1. The highest BCUT2D eigenvalue weighted by Crippen LogP contribution is 2.22. The molecule has 2 rings (SSSR count). The molecule has 1 aliphatic heterocycles. The normalized spacial score (nSPS) is 20.0. The first-order valence-electron chi connectivity index (χ1n) is 5.76. The highest BCUT2D eigenvalue weighted by molar-refractivity contribution is 9.09. The van der Waals surface area contributed by atoms with E-state index in [0.717, 1.165) is 23.0 Å². The van der Waals surface area contributed by atoms with Gasteiger partial charge in [0.1, 0.15) is 0 Å². The lowest BCUT2D eigenvalue weighted by Crippen LogP contribution is -2.25. The summed E-state index contributed by atoms with van der Waals surface area (Å²) >= 11 is 3.43. The lowest BCUT2D eigenvalue weighted by molar-refractivity contribution is -0.128. The summed E-state index contributed by atoms with van der Waals surface area (Å²) in [5.74, 6) is 0.631. The van der Waals surface area contributed by atoms with Crippen molar-refractivity contribution in [1.82, 2.24) is 4.90 Å². The van der Waals surface area contributed by atoms with Gasteiger partial charge in [-0.3, -0.25) is 4.79 Å². The van der Waals surface area contributed by atoms with Crippen LogP contribution < -0.4 is 0 Å². The molecule has 17 heavy (non-hydrogen) atoms. The number of rotatable bonds is 4. The molecule has 1 saturated heterocycles. The van der Waals surface area contributed by atoms with Crippen molar-refractivity contribution in [3.05, 3.63) is 35.4 Å². The number of carbonyl (C=O) groups excluding carboxylic acids is 1. The summed E-state index contributed by atoms with van der Waals surface area (Å²) in [5.41, 5.74) is 1.95. The van der Waals surface area contributed by atoms with Gasteiger partial charge in [-0.15, -0.1) is 0 Å². The van der Waals surface area contributed by atoms with Gasteiger partial charge < -0.3 is 10.0 Å². The fourth-order valence-electron chi connectivity index (χ4n) is 2.18. The molecule has 0 aliphatic carbocycles. The third-order valence-corrected chi connectivity index (χ3v) is 4.08. The summed E-state index contributed by atoms with van der Waals surface area (Å²) in [7, 11) is 0. The average Bonchev–Trinajstić information content (AvgIpc) is 2.71. The lowest BCUT2D eigenvalue weighted by atomic mass is 10.1. The number of aliphatic hydroxyl groups excluding tert-OH is 1. The molecular weight excluding hydrogens is 282 g/mol. The van der Waals surface area contributed by atoms with Crippen LogP contribution in [0.3, 0.4) is 0 Å². The first-order chi connectivity index (χ1) is 8.24. The van der Waals surface area contributed by atoms with Crippen LogP contribution in [0.25, 0.3) is 0 Å². The molecule has 1 atom stereocenters. The van der Waals surface area contributed by atoms with Gasteiger partial charge in [-0.25, -0.2) is 0 Å². The van der Waals surface area contributed by atoms with Crippen LogP contribution in [-0.2, 0) is 17.9 Å². The fraction of sp³-hybridized carbons (Fsp3) is 0.462. The molecule has 1 fully saturated rings. The van der Waals surface area contributed by atoms with Crippen LogP contribution in [0.4, 0.5) is 0 Å². The Balaban J connectivity index is 2.08. The van der Waals surface area contributed by atoms with Gasteiger partial charge in [0.25, 0.3) is 0 Å². The Bertz CT molecular complexity index is 408. The second-order valence-corrected chi connectivity index (χ2v) is 5.07. The van der Waals surface area contributed by atoms with E-state index in [9.17, 15) is 9.90 Å². The summed E-state index contributed by atoms with van der Waals surface area (Å²) in [6, 6.07) is 7.72. The van der Waals surface area contributed by atoms with Crippen molar-refractivity contribution in [3.8, 4) is 0 Å². The van der Waals surface area contributed by atoms with E-state index >= 15 is 0 Å². The molecule has 0 radical (unpaired) electrons. The summed E-state index contributed by atoms with van der Waals surface area (Å²) in [6.07, 6.45) is 0.631. The third-order valence-electron chi connectivity index (χ3n) is 3.16. The van der Waals surface area contributed by atoms with E-state index in [1.807, 2.05) is 29.2 Å². The number of likely N-dealkylation sites (tertiary alicyclic amines) is 1. The summed E-state index contributed by atoms with van der Waals surface area (Å²) < 4.78 is 0. The maximum absolute atomic E-state index is 11.8. The van der Waals surface area contributed by atoms with Crippen molar-refractivity contribution in [2.75, 3.05) is 11.9 Å². The first kappa shape index (κ1) is 12.6.